The molecule has 0 atom stereocenters. The van der Waals surface area contributed by atoms with Crippen molar-refractivity contribution < 1.29 is 36.9 Å². The molecule has 9 heteroatoms. The predicted molar refractivity (Wildman–Crippen MR) is 126 cm³/mol. The predicted octanol–water partition coefficient (Wildman–Crippen LogP) is 6.96. The summed E-state index contributed by atoms with van der Waals surface area (Å²) >= 11 is 0. The number of aliphatic carboxylic acids is 1. The van der Waals surface area contributed by atoms with Crippen molar-refractivity contribution in [2.75, 3.05) is 5.32 Å². The van der Waals surface area contributed by atoms with E-state index in [9.17, 15) is 27.5 Å². The highest BCUT2D eigenvalue weighted by molar-refractivity contribution is 5.84. The summed E-state index contributed by atoms with van der Waals surface area (Å²) in [5, 5.41) is 12.9. The van der Waals surface area contributed by atoms with Crippen LogP contribution in [0.2, 0.25) is 0 Å². The molecule has 2 aromatic rings. The van der Waals surface area contributed by atoms with Gasteiger partial charge >= 0.3 is 5.97 Å². The molecule has 3 aliphatic carbocycles. The summed E-state index contributed by atoms with van der Waals surface area (Å²) in [4.78, 5) is 12.1. The monoisotopic (exact) mass is 507 g/mol. The quantitative estimate of drug-likeness (QED) is 0.341. The Morgan fingerprint density at radius 2 is 1.69 bits per heavy atom. The van der Waals surface area contributed by atoms with Gasteiger partial charge in [0.2, 0.25) is 5.92 Å². The van der Waals surface area contributed by atoms with Gasteiger partial charge in [0.1, 0.15) is 11.3 Å². The molecule has 5 rings (SSSR count). The van der Waals surface area contributed by atoms with Crippen LogP contribution in [0.3, 0.4) is 0 Å². The number of hydrogen-bond donors (Lipinski definition) is 2. The van der Waals surface area contributed by atoms with Crippen molar-refractivity contribution >= 4 is 11.7 Å². The first-order chi connectivity index (χ1) is 17.2. The molecule has 0 amide bonds. The Balaban J connectivity index is 1.49. The smallest absolute Gasteiger partial charge is 0.329 e. The van der Waals surface area contributed by atoms with Crippen LogP contribution in [0.5, 0.6) is 5.75 Å². The van der Waals surface area contributed by atoms with Gasteiger partial charge in [0.05, 0.1) is 24.4 Å². The third-order valence-electron chi connectivity index (χ3n) is 7.12. The van der Waals surface area contributed by atoms with Crippen LogP contribution in [-0.4, -0.2) is 34.7 Å². The van der Waals surface area contributed by atoms with Crippen LogP contribution in [0.15, 0.2) is 36.4 Å². The van der Waals surface area contributed by atoms with Crippen molar-refractivity contribution in [2.24, 2.45) is 0 Å². The lowest BCUT2D eigenvalue weighted by atomic mass is 9.79. The molecule has 194 valence electrons. The van der Waals surface area contributed by atoms with Gasteiger partial charge in [-0.1, -0.05) is 18.2 Å². The molecular weight excluding hydrogens is 478 g/mol. The highest BCUT2D eigenvalue weighted by Crippen LogP contribution is 2.44. The molecular formula is C27H29F4NO4. The average Bonchev–Trinajstić information content (AvgIpc) is 3.75. The Hall–Kier alpha value is -2.81. The molecule has 0 aromatic heterocycles. The maximum absolute atomic E-state index is 14.2. The van der Waals surface area contributed by atoms with E-state index >= 15 is 0 Å². The maximum Gasteiger partial charge on any atom is 0.329 e. The fourth-order valence-corrected chi connectivity index (χ4v) is 4.68. The molecule has 2 N–H and O–H groups in total. The van der Waals surface area contributed by atoms with Crippen LogP contribution < -0.4 is 10.1 Å². The molecule has 3 fully saturated rings. The average molecular weight is 508 g/mol. The Bertz CT molecular complexity index is 1120. The summed E-state index contributed by atoms with van der Waals surface area (Å²) in [6.45, 7) is 0.157. The summed E-state index contributed by atoms with van der Waals surface area (Å²) in [5.41, 5.74) is 0.189. The van der Waals surface area contributed by atoms with Gasteiger partial charge in [-0.15, -0.1) is 0 Å². The van der Waals surface area contributed by atoms with Gasteiger partial charge in [-0.2, -0.15) is 0 Å². The Kier molecular flexibility index (Phi) is 6.61. The molecule has 0 unspecified atom stereocenters. The second-order valence-electron chi connectivity index (χ2n) is 10.1. The molecule has 5 nitrogen and oxygen atoms in total. The fourth-order valence-electron chi connectivity index (χ4n) is 4.68. The third-order valence-corrected chi connectivity index (χ3v) is 7.12. The van der Waals surface area contributed by atoms with Gasteiger partial charge < -0.3 is 19.9 Å². The van der Waals surface area contributed by atoms with Crippen molar-refractivity contribution in [2.45, 2.75) is 88.1 Å². The van der Waals surface area contributed by atoms with Gasteiger partial charge in [-0.25, -0.2) is 22.4 Å². The minimum Gasteiger partial charge on any atom is -0.490 e. The number of carboxylic acids is 1. The van der Waals surface area contributed by atoms with Gasteiger partial charge in [0.15, 0.2) is 0 Å². The molecule has 0 aliphatic heterocycles. The number of benzene rings is 2. The number of hydrogen-bond acceptors (Lipinski definition) is 4. The number of halogens is 4. The first-order valence-corrected chi connectivity index (χ1v) is 12.4. The second-order valence-corrected chi connectivity index (χ2v) is 10.1. The molecule has 0 bridgehead atoms. The van der Waals surface area contributed by atoms with Crippen LogP contribution in [0.1, 0.15) is 68.9 Å². The van der Waals surface area contributed by atoms with Gasteiger partial charge in [-0.3, -0.25) is 0 Å². The normalized spacial score (nSPS) is 20.8. The van der Waals surface area contributed by atoms with Crippen molar-refractivity contribution in [3.8, 4) is 16.9 Å². The highest BCUT2D eigenvalue weighted by Gasteiger charge is 2.48. The molecule has 0 radical (unpaired) electrons. The topological polar surface area (TPSA) is 67.8 Å². The first-order valence-electron chi connectivity index (χ1n) is 12.4. The SMILES string of the molecule is O=C(O)C1(Nc2ccc(-c3cccc(OC4CC4)c3C(F)F)c(COC3CC3)c2)CCC(F)(F)CC1. The fraction of sp³-hybridized carbons (Fsp3) is 0.519. The highest BCUT2D eigenvalue weighted by atomic mass is 19.3. The minimum atomic E-state index is -2.88. The molecule has 36 heavy (non-hydrogen) atoms. The molecule has 3 saturated carbocycles. The summed E-state index contributed by atoms with van der Waals surface area (Å²) in [5.74, 6) is -3.91. The van der Waals surface area contributed by atoms with Crippen molar-refractivity contribution in [3.05, 3.63) is 47.5 Å². The van der Waals surface area contributed by atoms with E-state index in [0.717, 1.165) is 25.7 Å². The number of ether oxygens (including phenoxy) is 2. The van der Waals surface area contributed by atoms with E-state index in [1.807, 2.05) is 0 Å². The summed E-state index contributed by atoms with van der Waals surface area (Å²) in [6, 6.07) is 9.79. The molecule has 0 saturated heterocycles. The van der Waals surface area contributed by atoms with Crippen LogP contribution in [0, 0.1) is 0 Å². The number of alkyl halides is 4. The van der Waals surface area contributed by atoms with Crippen molar-refractivity contribution in [3.63, 3.8) is 0 Å². The Morgan fingerprint density at radius 1 is 1.00 bits per heavy atom. The maximum atomic E-state index is 14.2. The largest absolute Gasteiger partial charge is 0.490 e. The molecule has 2 aromatic carbocycles. The van der Waals surface area contributed by atoms with Crippen molar-refractivity contribution in [1.29, 1.82) is 0 Å². The third kappa shape index (κ3) is 5.45. The summed E-state index contributed by atoms with van der Waals surface area (Å²) < 4.78 is 67.6. The number of anilines is 1. The number of rotatable bonds is 10. The van der Waals surface area contributed by atoms with E-state index in [1.54, 1.807) is 36.4 Å². The zero-order chi connectivity index (χ0) is 25.5. The van der Waals surface area contributed by atoms with Gasteiger partial charge in [0, 0.05) is 18.5 Å². The Labute approximate surface area is 206 Å². The minimum absolute atomic E-state index is 0.0444. The second kappa shape index (κ2) is 9.57. The van der Waals surface area contributed by atoms with E-state index in [2.05, 4.69) is 5.32 Å². The summed E-state index contributed by atoms with van der Waals surface area (Å²) in [6.07, 6.45) is -0.646. The van der Waals surface area contributed by atoms with E-state index in [0.29, 0.717) is 22.4 Å². The summed E-state index contributed by atoms with van der Waals surface area (Å²) in [7, 11) is 0. The number of carboxylic acid groups (broad SMARTS) is 1. The van der Waals surface area contributed by atoms with Crippen LogP contribution in [-0.2, 0) is 16.1 Å². The van der Waals surface area contributed by atoms with E-state index in [4.69, 9.17) is 9.47 Å². The molecule has 0 heterocycles. The van der Waals surface area contributed by atoms with Crippen molar-refractivity contribution in [1.82, 2.24) is 0 Å². The molecule has 0 spiro atoms. The Morgan fingerprint density at radius 3 is 2.31 bits per heavy atom. The van der Waals surface area contributed by atoms with E-state index < -0.39 is 36.7 Å². The molecule has 3 aliphatic rings. The number of nitrogens with one attached hydrogen (secondary N) is 1. The first kappa shape index (κ1) is 24.9. The van der Waals surface area contributed by atoms with E-state index in [-0.39, 0.29) is 43.0 Å². The van der Waals surface area contributed by atoms with Crippen LogP contribution >= 0.6 is 0 Å². The van der Waals surface area contributed by atoms with E-state index in [1.165, 1.54) is 0 Å². The van der Waals surface area contributed by atoms with Crippen LogP contribution in [0.25, 0.3) is 11.1 Å². The zero-order valence-electron chi connectivity index (χ0n) is 19.7. The zero-order valence-corrected chi connectivity index (χ0v) is 19.7. The lowest BCUT2D eigenvalue weighted by Crippen LogP contribution is -2.51. The van der Waals surface area contributed by atoms with Crippen LogP contribution in [0.4, 0.5) is 23.2 Å². The lowest BCUT2D eigenvalue weighted by Gasteiger charge is -2.38. The van der Waals surface area contributed by atoms with Gasteiger partial charge in [-0.05, 0) is 73.4 Å². The van der Waals surface area contributed by atoms with Gasteiger partial charge in [0.25, 0.3) is 6.43 Å². The lowest BCUT2D eigenvalue weighted by molar-refractivity contribution is -0.146. The number of carbonyl (C=O) groups is 1. The standard InChI is InChI=1S/C27H29F4NO4/c28-24(29)23-21(2-1-3-22(23)36-19-7-8-19)20-9-4-17(14-16(20)15-35-18-5-6-18)32-26(25(33)34)10-12-27(30,31)13-11-26/h1-4,9,14,18-19,24,32H,5-8,10-13,15H2,(H,33,34).